The Morgan fingerprint density at radius 3 is 2.07 bits per heavy atom. The Bertz CT molecular complexity index is 928. The average molecular weight is 382 g/mol. The fourth-order valence-electron chi connectivity index (χ4n) is 3.03. The van der Waals surface area contributed by atoms with Gasteiger partial charge < -0.3 is 10.6 Å². The molecule has 3 aromatic rings. The van der Waals surface area contributed by atoms with Crippen molar-refractivity contribution in [2.24, 2.45) is 5.73 Å². The van der Waals surface area contributed by atoms with Crippen LogP contribution < -0.4 is 5.73 Å². The van der Waals surface area contributed by atoms with E-state index in [2.05, 4.69) is 0 Å². The highest BCUT2D eigenvalue weighted by molar-refractivity contribution is 7.10. The van der Waals surface area contributed by atoms with Gasteiger partial charge in [-0.25, -0.2) is 0 Å². The van der Waals surface area contributed by atoms with Crippen LogP contribution in [0.2, 0.25) is 0 Å². The van der Waals surface area contributed by atoms with Gasteiger partial charge in [0.15, 0.2) is 5.13 Å². The third kappa shape index (κ3) is 4.06. The number of benzene rings is 2. The van der Waals surface area contributed by atoms with Gasteiger partial charge in [0, 0.05) is 10.4 Å². The zero-order valence-electron chi connectivity index (χ0n) is 14.7. The topological polar surface area (TPSA) is 63.4 Å². The molecule has 0 aliphatic rings. The van der Waals surface area contributed by atoms with Gasteiger partial charge in [0.1, 0.15) is 6.04 Å². The van der Waals surface area contributed by atoms with Crippen molar-refractivity contribution in [3.05, 3.63) is 93.9 Å². The maximum Gasteiger partial charge on any atom is 0.255 e. The molecule has 3 rings (SSSR count). The van der Waals surface area contributed by atoms with Crippen LogP contribution in [-0.4, -0.2) is 16.7 Å². The second-order valence-corrected chi connectivity index (χ2v) is 7.18. The highest BCUT2D eigenvalue weighted by Crippen LogP contribution is 2.35. The van der Waals surface area contributed by atoms with E-state index in [1.165, 1.54) is 11.0 Å². The molecule has 2 amide bonds. The zero-order chi connectivity index (χ0) is 19.4. The van der Waals surface area contributed by atoms with Gasteiger partial charge in [-0.1, -0.05) is 48.5 Å². The monoisotopic (exact) mass is 382 g/mol. The van der Waals surface area contributed by atoms with E-state index in [4.69, 9.17) is 5.73 Å². The maximum atomic E-state index is 13.6. The van der Waals surface area contributed by atoms with E-state index in [-0.39, 0.29) is 11.0 Å². The van der Waals surface area contributed by atoms with E-state index in [1.807, 2.05) is 12.1 Å². The summed E-state index contributed by atoms with van der Waals surface area (Å²) >= 11 is 0.948. The Morgan fingerprint density at radius 2 is 1.56 bits per heavy atom. The lowest BCUT2D eigenvalue weighted by molar-refractivity contribution is -0.123. The van der Waals surface area contributed by atoms with Gasteiger partial charge in [-0.05, 0) is 36.8 Å². The molecule has 4 nitrogen and oxygen atoms in total. The first-order valence-corrected chi connectivity index (χ1v) is 9.28. The van der Waals surface area contributed by atoms with E-state index in [9.17, 15) is 14.0 Å². The molecular weight excluding hydrogens is 363 g/mol. The van der Waals surface area contributed by atoms with E-state index in [1.54, 1.807) is 61.5 Å². The summed E-state index contributed by atoms with van der Waals surface area (Å²) in [5.41, 5.74) is 6.75. The molecular formula is C21H19FN2O2S. The fourth-order valence-corrected chi connectivity index (χ4v) is 3.82. The van der Waals surface area contributed by atoms with Crippen LogP contribution in [0.3, 0.4) is 0 Å². The van der Waals surface area contributed by atoms with Gasteiger partial charge in [0.25, 0.3) is 5.91 Å². The molecule has 2 atom stereocenters. The van der Waals surface area contributed by atoms with Gasteiger partial charge in [0.2, 0.25) is 5.91 Å². The zero-order valence-corrected chi connectivity index (χ0v) is 15.5. The number of amides is 2. The third-order valence-corrected chi connectivity index (χ3v) is 5.39. The molecule has 0 aliphatic carbocycles. The summed E-state index contributed by atoms with van der Waals surface area (Å²) in [6, 6.07) is 19.0. The van der Waals surface area contributed by atoms with Gasteiger partial charge in [-0.15, -0.1) is 11.3 Å². The molecule has 0 saturated heterocycles. The molecule has 0 fully saturated rings. The van der Waals surface area contributed by atoms with Gasteiger partial charge in [-0.2, -0.15) is 4.39 Å². The lowest BCUT2D eigenvalue weighted by Gasteiger charge is -2.35. The van der Waals surface area contributed by atoms with Crippen molar-refractivity contribution in [3.8, 4) is 0 Å². The maximum absolute atomic E-state index is 13.6. The summed E-state index contributed by atoms with van der Waals surface area (Å²) in [7, 11) is 0. The van der Waals surface area contributed by atoms with Crippen LogP contribution in [0.1, 0.15) is 39.8 Å². The number of carbonyl (C=O) groups excluding carboxylic acids is 2. The van der Waals surface area contributed by atoms with E-state index in [0.29, 0.717) is 16.0 Å². The van der Waals surface area contributed by atoms with Crippen LogP contribution in [0, 0.1) is 5.13 Å². The number of hydrogen-bond acceptors (Lipinski definition) is 3. The van der Waals surface area contributed by atoms with Gasteiger partial charge in [0.05, 0.1) is 6.04 Å². The van der Waals surface area contributed by atoms with Crippen LogP contribution in [0.15, 0.2) is 72.8 Å². The number of carbonyl (C=O) groups is 2. The minimum absolute atomic E-state index is 0.343. The lowest BCUT2D eigenvalue weighted by Crippen LogP contribution is -2.43. The fraction of sp³-hybridized carbons (Fsp3) is 0.143. The molecule has 2 N–H and O–H groups in total. The second kappa shape index (κ2) is 8.14. The molecule has 27 heavy (non-hydrogen) atoms. The quantitative estimate of drug-likeness (QED) is 0.690. The largest absolute Gasteiger partial charge is 0.368 e. The molecule has 0 radical (unpaired) electrons. The summed E-state index contributed by atoms with van der Waals surface area (Å²) in [4.78, 5) is 27.8. The smallest absolute Gasteiger partial charge is 0.255 e. The SMILES string of the molecule is C[C@H](c1ccc(F)s1)N(C(=O)c1ccccc1)[C@@H](C(N)=O)c1ccccc1. The summed E-state index contributed by atoms with van der Waals surface area (Å²) in [6.45, 7) is 1.77. The van der Waals surface area contributed by atoms with Gasteiger partial charge >= 0.3 is 0 Å². The van der Waals surface area contributed by atoms with Crippen molar-refractivity contribution in [1.82, 2.24) is 4.90 Å². The first-order valence-electron chi connectivity index (χ1n) is 8.46. The van der Waals surface area contributed by atoms with Crippen LogP contribution in [0.5, 0.6) is 0 Å². The van der Waals surface area contributed by atoms with E-state index >= 15 is 0 Å². The van der Waals surface area contributed by atoms with Crippen molar-refractivity contribution in [2.45, 2.75) is 19.0 Å². The van der Waals surface area contributed by atoms with E-state index < -0.39 is 18.0 Å². The van der Waals surface area contributed by atoms with Crippen LogP contribution in [-0.2, 0) is 4.79 Å². The summed E-state index contributed by atoms with van der Waals surface area (Å²) < 4.78 is 13.6. The molecule has 6 heteroatoms. The Hall–Kier alpha value is -2.99. The van der Waals surface area contributed by atoms with E-state index in [0.717, 1.165) is 11.3 Å². The predicted octanol–water partition coefficient (Wildman–Crippen LogP) is 4.32. The Kier molecular flexibility index (Phi) is 5.66. The minimum Gasteiger partial charge on any atom is -0.368 e. The molecule has 0 aliphatic heterocycles. The van der Waals surface area contributed by atoms with Crippen molar-refractivity contribution >= 4 is 23.2 Å². The Balaban J connectivity index is 2.10. The molecule has 1 heterocycles. The Labute approximate surface area is 161 Å². The molecule has 1 aromatic heterocycles. The second-order valence-electron chi connectivity index (χ2n) is 6.11. The van der Waals surface area contributed by atoms with Crippen LogP contribution >= 0.6 is 11.3 Å². The van der Waals surface area contributed by atoms with Crippen molar-refractivity contribution < 1.29 is 14.0 Å². The van der Waals surface area contributed by atoms with Crippen molar-refractivity contribution in [3.63, 3.8) is 0 Å². The number of nitrogens with two attached hydrogens (primary N) is 1. The molecule has 138 valence electrons. The van der Waals surface area contributed by atoms with Crippen LogP contribution in [0.25, 0.3) is 0 Å². The molecule has 0 saturated carbocycles. The summed E-state index contributed by atoms with van der Waals surface area (Å²) in [6.07, 6.45) is 0. The Morgan fingerprint density at radius 1 is 0.963 bits per heavy atom. The molecule has 0 bridgehead atoms. The number of nitrogens with zero attached hydrogens (tertiary/aromatic N) is 1. The molecule has 2 aromatic carbocycles. The first kappa shape index (κ1) is 18.8. The third-order valence-electron chi connectivity index (χ3n) is 4.34. The molecule has 0 unspecified atom stereocenters. The standard InChI is InChI=1S/C21H19FN2O2S/c1-14(17-12-13-18(22)27-17)24(21(26)16-10-6-3-7-11-16)19(20(23)25)15-8-4-2-5-9-15/h2-14,19H,1H3,(H2,23,25)/t14-,19-/m1/s1. The minimum atomic E-state index is -0.973. The first-order chi connectivity index (χ1) is 13.0. The lowest BCUT2D eigenvalue weighted by atomic mass is 10.0. The highest BCUT2D eigenvalue weighted by atomic mass is 32.1. The van der Waals surface area contributed by atoms with Crippen molar-refractivity contribution in [2.75, 3.05) is 0 Å². The van der Waals surface area contributed by atoms with Crippen LogP contribution in [0.4, 0.5) is 4.39 Å². The number of hydrogen-bond donors (Lipinski definition) is 1. The number of primary amides is 1. The predicted molar refractivity (Wildman–Crippen MR) is 104 cm³/mol. The normalized spacial score (nSPS) is 13.0. The average Bonchev–Trinajstić information content (AvgIpc) is 3.12. The summed E-state index contributed by atoms with van der Waals surface area (Å²) in [5, 5.41) is -0.348. The van der Waals surface area contributed by atoms with Crippen molar-refractivity contribution in [1.29, 1.82) is 0 Å². The summed E-state index contributed by atoms with van der Waals surface area (Å²) in [5.74, 6) is -0.987. The number of thiophene rings is 1. The number of rotatable bonds is 6. The number of halogens is 1. The highest BCUT2D eigenvalue weighted by Gasteiger charge is 2.35. The van der Waals surface area contributed by atoms with Gasteiger partial charge in [-0.3, -0.25) is 9.59 Å². The molecule has 0 spiro atoms.